The van der Waals surface area contributed by atoms with E-state index in [0.29, 0.717) is 16.9 Å². The minimum atomic E-state index is -0.560. The van der Waals surface area contributed by atoms with Crippen molar-refractivity contribution >= 4 is 28.9 Å². The van der Waals surface area contributed by atoms with Gasteiger partial charge in [0.2, 0.25) is 0 Å². The summed E-state index contributed by atoms with van der Waals surface area (Å²) in [5, 5.41) is 5.96. The predicted molar refractivity (Wildman–Crippen MR) is 111 cm³/mol. The van der Waals surface area contributed by atoms with Gasteiger partial charge in [-0.05, 0) is 49.7 Å². The van der Waals surface area contributed by atoms with Gasteiger partial charge in [0, 0.05) is 11.4 Å². The Morgan fingerprint density at radius 2 is 1.57 bits per heavy atom. The van der Waals surface area contributed by atoms with Crippen LogP contribution in [0.25, 0.3) is 0 Å². The van der Waals surface area contributed by atoms with E-state index in [9.17, 15) is 9.59 Å². The number of nitrogens with one attached hydrogen (secondary N) is 2. The van der Waals surface area contributed by atoms with Gasteiger partial charge >= 0.3 is 5.97 Å². The second kappa shape index (κ2) is 8.86. The number of anilines is 3. The molecule has 0 radical (unpaired) electrons. The maximum Gasteiger partial charge on any atom is 0.340 e. The van der Waals surface area contributed by atoms with Crippen molar-refractivity contribution in [2.24, 2.45) is 0 Å². The van der Waals surface area contributed by atoms with Crippen LogP contribution >= 0.6 is 0 Å². The summed E-state index contributed by atoms with van der Waals surface area (Å²) in [5.74, 6) is -0.941. The van der Waals surface area contributed by atoms with Crippen LogP contribution in [0.1, 0.15) is 21.5 Å². The molecule has 0 saturated heterocycles. The van der Waals surface area contributed by atoms with Crippen LogP contribution in [-0.4, -0.2) is 18.5 Å². The number of carbonyl (C=O) groups is 2. The molecular formula is C23H22N2O3. The van der Waals surface area contributed by atoms with E-state index in [1.54, 1.807) is 18.2 Å². The minimum Gasteiger partial charge on any atom is -0.452 e. The Bertz CT molecular complexity index is 984. The fourth-order valence-electron chi connectivity index (χ4n) is 2.80. The lowest BCUT2D eigenvalue weighted by Gasteiger charge is -2.12. The molecule has 0 aliphatic rings. The lowest BCUT2D eigenvalue weighted by molar-refractivity contribution is -0.119. The third-order valence-corrected chi connectivity index (χ3v) is 4.19. The molecule has 0 unspecified atom stereocenters. The van der Waals surface area contributed by atoms with Crippen LogP contribution < -0.4 is 10.6 Å². The molecule has 5 heteroatoms. The molecule has 2 N–H and O–H groups in total. The van der Waals surface area contributed by atoms with Gasteiger partial charge < -0.3 is 15.4 Å². The Hall–Kier alpha value is -3.60. The van der Waals surface area contributed by atoms with Gasteiger partial charge in [-0.3, -0.25) is 4.79 Å². The van der Waals surface area contributed by atoms with E-state index in [4.69, 9.17) is 4.74 Å². The molecule has 0 aliphatic heterocycles. The van der Waals surface area contributed by atoms with Gasteiger partial charge in [0.05, 0.1) is 11.3 Å². The van der Waals surface area contributed by atoms with E-state index < -0.39 is 5.97 Å². The van der Waals surface area contributed by atoms with E-state index >= 15 is 0 Å². The van der Waals surface area contributed by atoms with Crippen molar-refractivity contribution in [3.8, 4) is 0 Å². The van der Waals surface area contributed by atoms with E-state index in [1.165, 1.54) is 0 Å². The van der Waals surface area contributed by atoms with Crippen LogP contribution in [0.2, 0.25) is 0 Å². The summed E-state index contributed by atoms with van der Waals surface area (Å²) in [7, 11) is 0. The van der Waals surface area contributed by atoms with E-state index in [-0.39, 0.29) is 12.5 Å². The first-order valence-electron chi connectivity index (χ1n) is 8.98. The molecule has 28 heavy (non-hydrogen) atoms. The third-order valence-electron chi connectivity index (χ3n) is 4.19. The fraction of sp³-hybridized carbons (Fsp3) is 0.130. The standard InChI is InChI=1S/C23H22N2O3/c1-16-12-13-20(17(2)14-16)25-22(26)15-28-23(27)19-10-6-7-11-21(19)24-18-8-4-3-5-9-18/h3-14,24H,15H2,1-2H3,(H,25,26). The molecule has 5 nitrogen and oxygen atoms in total. The maximum atomic E-state index is 12.5. The number of ether oxygens (including phenoxy) is 1. The van der Waals surface area contributed by atoms with Crippen molar-refractivity contribution in [3.05, 3.63) is 89.5 Å². The lowest BCUT2D eigenvalue weighted by Crippen LogP contribution is -2.21. The van der Waals surface area contributed by atoms with Crippen molar-refractivity contribution in [1.29, 1.82) is 0 Å². The topological polar surface area (TPSA) is 67.4 Å². The zero-order chi connectivity index (χ0) is 19.9. The van der Waals surface area contributed by atoms with Gasteiger partial charge in [0.1, 0.15) is 0 Å². The van der Waals surface area contributed by atoms with Gasteiger partial charge in [-0.2, -0.15) is 0 Å². The van der Waals surface area contributed by atoms with Crippen molar-refractivity contribution < 1.29 is 14.3 Å². The highest BCUT2D eigenvalue weighted by atomic mass is 16.5. The Labute approximate surface area is 164 Å². The Morgan fingerprint density at radius 3 is 2.32 bits per heavy atom. The van der Waals surface area contributed by atoms with Crippen molar-refractivity contribution in [1.82, 2.24) is 0 Å². The molecule has 0 saturated carbocycles. The lowest BCUT2D eigenvalue weighted by atomic mass is 10.1. The second-order valence-electron chi connectivity index (χ2n) is 6.48. The van der Waals surface area contributed by atoms with Crippen molar-refractivity contribution in [2.75, 3.05) is 17.2 Å². The molecule has 1 amide bonds. The van der Waals surface area contributed by atoms with Gasteiger partial charge in [-0.15, -0.1) is 0 Å². The van der Waals surface area contributed by atoms with Crippen LogP contribution in [-0.2, 0) is 9.53 Å². The maximum absolute atomic E-state index is 12.5. The molecule has 142 valence electrons. The van der Waals surface area contributed by atoms with Crippen LogP contribution in [0.5, 0.6) is 0 Å². The van der Waals surface area contributed by atoms with Crippen LogP contribution in [0.3, 0.4) is 0 Å². The van der Waals surface area contributed by atoms with Crippen molar-refractivity contribution in [3.63, 3.8) is 0 Å². The average Bonchev–Trinajstić information content (AvgIpc) is 2.69. The molecule has 0 bridgehead atoms. The van der Waals surface area contributed by atoms with Crippen LogP contribution in [0.4, 0.5) is 17.1 Å². The number of benzene rings is 3. The summed E-state index contributed by atoms with van der Waals surface area (Å²) in [6, 6.07) is 22.3. The van der Waals surface area contributed by atoms with Gasteiger partial charge in [-0.25, -0.2) is 4.79 Å². The normalized spacial score (nSPS) is 10.2. The summed E-state index contributed by atoms with van der Waals surface area (Å²) in [6.07, 6.45) is 0. The van der Waals surface area contributed by atoms with E-state index in [1.807, 2.05) is 68.4 Å². The summed E-state index contributed by atoms with van der Waals surface area (Å²) >= 11 is 0. The quantitative estimate of drug-likeness (QED) is 0.606. The Balaban J connectivity index is 1.62. The number of carbonyl (C=O) groups excluding carboxylic acids is 2. The highest BCUT2D eigenvalue weighted by Crippen LogP contribution is 2.21. The zero-order valence-electron chi connectivity index (χ0n) is 15.9. The number of rotatable bonds is 6. The first kappa shape index (κ1) is 19.2. The SMILES string of the molecule is Cc1ccc(NC(=O)COC(=O)c2ccccc2Nc2ccccc2)c(C)c1. The minimum absolute atomic E-state index is 0.355. The first-order chi connectivity index (χ1) is 13.5. The molecule has 3 aromatic rings. The molecular weight excluding hydrogens is 352 g/mol. The predicted octanol–water partition coefficient (Wildman–Crippen LogP) is 4.84. The molecule has 0 fully saturated rings. The largest absolute Gasteiger partial charge is 0.452 e. The molecule has 0 aliphatic carbocycles. The number of hydrogen-bond donors (Lipinski definition) is 2. The molecule has 3 aromatic carbocycles. The molecule has 0 aromatic heterocycles. The highest BCUT2D eigenvalue weighted by Gasteiger charge is 2.15. The summed E-state index contributed by atoms with van der Waals surface area (Å²) in [6.45, 7) is 3.55. The summed E-state index contributed by atoms with van der Waals surface area (Å²) in [5.41, 5.74) is 4.62. The Kier molecular flexibility index (Phi) is 6.07. The first-order valence-corrected chi connectivity index (χ1v) is 8.98. The van der Waals surface area contributed by atoms with Crippen molar-refractivity contribution in [2.45, 2.75) is 13.8 Å². The summed E-state index contributed by atoms with van der Waals surface area (Å²) < 4.78 is 5.21. The third kappa shape index (κ3) is 4.98. The smallest absolute Gasteiger partial charge is 0.340 e. The molecule has 0 heterocycles. The van der Waals surface area contributed by atoms with Crippen LogP contribution in [0, 0.1) is 13.8 Å². The highest BCUT2D eigenvalue weighted by molar-refractivity contribution is 5.99. The number of amides is 1. The second-order valence-corrected chi connectivity index (χ2v) is 6.48. The number of hydrogen-bond acceptors (Lipinski definition) is 4. The van der Waals surface area contributed by atoms with Crippen LogP contribution in [0.15, 0.2) is 72.8 Å². The Morgan fingerprint density at radius 1 is 0.857 bits per heavy atom. The van der Waals surface area contributed by atoms with Gasteiger partial charge in [-0.1, -0.05) is 48.0 Å². The molecule has 0 spiro atoms. The fourth-order valence-corrected chi connectivity index (χ4v) is 2.80. The van der Waals surface area contributed by atoms with Gasteiger partial charge in [0.15, 0.2) is 6.61 Å². The molecule has 3 rings (SSSR count). The number of esters is 1. The number of para-hydroxylation sites is 2. The summed E-state index contributed by atoms with van der Waals surface area (Å²) in [4.78, 5) is 24.6. The van der Waals surface area contributed by atoms with E-state index in [2.05, 4.69) is 10.6 Å². The zero-order valence-corrected chi connectivity index (χ0v) is 15.9. The monoisotopic (exact) mass is 374 g/mol. The van der Waals surface area contributed by atoms with E-state index in [0.717, 1.165) is 16.8 Å². The average molecular weight is 374 g/mol. The number of aryl methyl sites for hydroxylation is 2. The molecule has 0 atom stereocenters. The van der Waals surface area contributed by atoms with Gasteiger partial charge in [0.25, 0.3) is 5.91 Å².